The fraction of sp³-hybridized carbons (Fsp3) is 0.562. The Labute approximate surface area is 119 Å². The van der Waals surface area contributed by atoms with Crippen molar-refractivity contribution < 1.29 is 9.90 Å². The minimum Gasteiger partial charge on any atom is -0.388 e. The van der Waals surface area contributed by atoms with Gasteiger partial charge in [0, 0.05) is 24.3 Å². The molecule has 3 atom stereocenters. The third-order valence-electron chi connectivity index (χ3n) is 4.59. The lowest BCUT2D eigenvalue weighted by molar-refractivity contribution is -0.122. The smallest absolute Gasteiger partial charge is 0.225 e. The second kappa shape index (κ2) is 5.44. The van der Waals surface area contributed by atoms with Crippen LogP contribution in [0, 0.1) is 5.92 Å². The molecule has 3 rings (SSSR count). The minimum atomic E-state index is -0.434. The summed E-state index contributed by atoms with van der Waals surface area (Å²) in [5, 5.41) is 13.2. The Kier molecular flexibility index (Phi) is 3.66. The number of carbonyl (C=O) groups excluding carboxylic acids is 1. The predicted octanol–water partition coefficient (Wildman–Crippen LogP) is 1.84. The van der Waals surface area contributed by atoms with E-state index in [0.717, 1.165) is 37.2 Å². The summed E-state index contributed by atoms with van der Waals surface area (Å²) in [7, 11) is 0. The van der Waals surface area contributed by atoms with E-state index >= 15 is 0 Å². The first-order valence-electron chi connectivity index (χ1n) is 7.53. The van der Waals surface area contributed by atoms with E-state index in [1.54, 1.807) is 0 Å². The van der Waals surface area contributed by atoms with Gasteiger partial charge in [-0.2, -0.15) is 0 Å². The van der Waals surface area contributed by atoms with Crippen LogP contribution in [0.5, 0.6) is 0 Å². The topological polar surface area (TPSA) is 52.6 Å². The molecular formula is C16H22N2O2. The number of anilines is 1. The first-order chi connectivity index (χ1) is 9.72. The van der Waals surface area contributed by atoms with E-state index < -0.39 is 6.10 Å². The highest BCUT2D eigenvalue weighted by molar-refractivity contribution is 5.83. The van der Waals surface area contributed by atoms with Crippen molar-refractivity contribution >= 4 is 11.6 Å². The maximum absolute atomic E-state index is 11.9. The molecular weight excluding hydrogens is 252 g/mol. The van der Waals surface area contributed by atoms with Crippen molar-refractivity contribution in [1.82, 2.24) is 5.32 Å². The van der Waals surface area contributed by atoms with Gasteiger partial charge in [0.15, 0.2) is 0 Å². The SMILES string of the molecule is CC[C@H](O)c1ccccc1N1CCCC2C(=O)NCC21. The summed E-state index contributed by atoms with van der Waals surface area (Å²) in [4.78, 5) is 14.2. The molecule has 1 amide bonds. The van der Waals surface area contributed by atoms with E-state index in [9.17, 15) is 9.90 Å². The number of piperidine rings is 1. The number of benzene rings is 1. The molecule has 0 radical (unpaired) electrons. The number of para-hydroxylation sites is 1. The summed E-state index contributed by atoms with van der Waals surface area (Å²) in [5.41, 5.74) is 2.07. The molecule has 2 saturated heterocycles. The van der Waals surface area contributed by atoms with E-state index in [-0.39, 0.29) is 17.9 Å². The molecule has 2 fully saturated rings. The van der Waals surface area contributed by atoms with Crippen molar-refractivity contribution in [2.75, 3.05) is 18.0 Å². The Hall–Kier alpha value is -1.55. The van der Waals surface area contributed by atoms with Crippen molar-refractivity contribution in [3.05, 3.63) is 29.8 Å². The molecule has 2 unspecified atom stereocenters. The van der Waals surface area contributed by atoms with Gasteiger partial charge in [0.1, 0.15) is 0 Å². The second-order valence-electron chi connectivity index (χ2n) is 5.74. The molecule has 1 aromatic carbocycles. The molecule has 1 aromatic rings. The number of carbonyl (C=O) groups is 1. The van der Waals surface area contributed by atoms with Crippen LogP contribution in [0.4, 0.5) is 5.69 Å². The van der Waals surface area contributed by atoms with Gasteiger partial charge < -0.3 is 15.3 Å². The van der Waals surface area contributed by atoms with E-state index in [1.165, 1.54) is 0 Å². The number of fused-ring (bicyclic) bond motifs is 1. The van der Waals surface area contributed by atoms with Crippen molar-refractivity contribution in [2.45, 2.75) is 38.3 Å². The van der Waals surface area contributed by atoms with Crippen LogP contribution >= 0.6 is 0 Å². The van der Waals surface area contributed by atoms with Crippen molar-refractivity contribution in [2.24, 2.45) is 5.92 Å². The Balaban J connectivity index is 1.94. The molecule has 0 aromatic heterocycles. The molecule has 0 bridgehead atoms. The third-order valence-corrected chi connectivity index (χ3v) is 4.59. The van der Waals surface area contributed by atoms with E-state index in [0.29, 0.717) is 6.42 Å². The molecule has 2 heterocycles. The highest BCUT2D eigenvalue weighted by atomic mass is 16.3. The number of aliphatic hydroxyl groups is 1. The van der Waals surface area contributed by atoms with Crippen LogP contribution in [0.15, 0.2) is 24.3 Å². The van der Waals surface area contributed by atoms with E-state index in [2.05, 4.69) is 16.3 Å². The fourth-order valence-electron chi connectivity index (χ4n) is 3.50. The van der Waals surface area contributed by atoms with Gasteiger partial charge in [-0.15, -0.1) is 0 Å². The van der Waals surface area contributed by atoms with Crippen LogP contribution in [0.1, 0.15) is 37.9 Å². The van der Waals surface area contributed by atoms with Gasteiger partial charge in [0.2, 0.25) is 5.91 Å². The zero-order chi connectivity index (χ0) is 14.1. The van der Waals surface area contributed by atoms with Crippen LogP contribution in [-0.2, 0) is 4.79 Å². The average Bonchev–Trinajstić information content (AvgIpc) is 2.88. The standard InChI is InChI=1S/C16H22N2O2/c1-2-15(19)11-6-3-4-8-13(11)18-9-5-7-12-14(18)10-17-16(12)20/h3-4,6,8,12,14-15,19H,2,5,7,9-10H2,1H3,(H,17,20)/t12?,14?,15-/m0/s1. The molecule has 20 heavy (non-hydrogen) atoms. The summed E-state index contributed by atoms with van der Waals surface area (Å²) in [6.45, 7) is 3.67. The zero-order valence-electron chi connectivity index (χ0n) is 11.9. The molecule has 2 aliphatic rings. The first kappa shape index (κ1) is 13.4. The molecule has 4 nitrogen and oxygen atoms in total. The number of nitrogens with one attached hydrogen (secondary N) is 1. The molecule has 108 valence electrons. The van der Waals surface area contributed by atoms with Crippen molar-refractivity contribution in [3.8, 4) is 0 Å². The predicted molar refractivity (Wildman–Crippen MR) is 78.6 cm³/mol. The number of hydrogen-bond donors (Lipinski definition) is 2. The lowest BCUT2D eigenvalue weighted by atomic mass is 9.90. The molecule has 4 heteroatoms. The van der Waals surface area contributed by atoms with Crippen LogP contribution in [0.3, 0.4) is 0 Å². The van der Waals surface area contributed by atoms with Gasteiger partial charge in [0.25, 0.3) is 0 Å². The monoisotopic (exact) mass is 274 g/mol. The summed E-state index contributed by atoms with van der Waals surface area (Å²) < 4.78 is 0. The number of hydrogen-bond acceptors (Lipinski definition) is 3. The van der Waals surface area contributed by atoms with Crippen molar-refractivity contribution in [3.63, 3.8) is 0 Å². The number of nitrogens with zero attached hydrogens (tertiary/aromatic N) is 1. The summed E-state index contributed by atoms with van der Waals surface area (Å²) in [6.07, 6.45) is 2.28. The van der Waals surface area contributed by atoms with Crippen LogP contribution < -0.4 is 10.2 Å². The van der Waals surface area contributed by atoms with Gasteiger partial charge in [-0.05, 0) is 25.3 Å². The molecule has 2 N–H and O–H groups in total. The highest BCUT2D eigenvalue weighted by Crippen LogP contribution is 2.35. The van der Waals surface area contributed by atoms with Crippen LogP contribution in [-0.4, -0.2) is 30.1 Å². The Morgan fingerprint density at radius 1 is 1.45 bits per heavy atom. The fourth-order valence-corrected chi connectivity index (χ4v) is 3.50. The van der Waals surface area contributed by atoms with Gasteiger partial charge in [0.05, 0.1) is 18.1 Å². The van der Waals surface area contributed by atoms with E-state index in [1.807, 2.05) is 25.1 Å². The Bertz CT molecular complexity index is 503. The van der Waals surface area contributed by atoms with Gasteiger partial charge in [-0.1, -0.05) is 25.1 Å². The molecule has 0 aliphatic carbocycles. The Morgan fingerprint density at radius 3 is 3.05 bits per heavy atom. The van der Waals surface area contributed by atoms with Crippen LogP contribution in [0.25, 0.3) is 0 Å². The van der Waals surface area contributed by atoms with E-state index in [4.69, 9.17) is 0 Å². The third kappa shape index (κ3) is 2.18. The lowest BCUT2D eigenvalue weighted by Crippen LogP contribution is -2.46. The summed E-state index contributed by atoms with van der Waals surface area (Å²) in [6, 6.07) is 8.28. The second-order valence-corrected chi connectivity index (χ2v) is 5.74. The molecule has 0 spiro atoms. The Morgan fingerprint density at radius 2 is 2.25 bits per heavy atom. The normalized spacial score (nSPS) is 27.1. The lowest BCUT2D eigenvalue weighted by Gasteiger charge is -2.39. The quantitative estimate of drug-likeness (QED) is 0.884. The maximum atomic E-state index is 11.9. The summed E-state index contributed by atoms with van der Waals surface area (Å²) >= 11 is 0. The van der Waals surface area contributed by atoms with Crippen molar-refractivity contribution in [1.29, 1.82) is 0 Å². The largest absolute Gasteiger partial charge is 0.388 e. The number of amides is 1. The van der Waals surface area contributed by atoms with Gasteiger partial charge >= 0.3 is 0 Å². The van der Waals surface area contributed by atoms with Crippen LogP contribution in [0.2, 0.25) is 0 Å². The number of aliphatic hydroxyl groups excluding tert-OH is 1. The minimum absolute atomic E-state index is 0.107. The number of rotatable bonds is 3. The highest BCUT2D eigenvalue weighted by Gasteiger charge is 2.41. The van der Waals surface area contributed by atoms with Gasteiger partial charge in [-0.25, -0.2) is 0 Å². The first-order valence-corrected chi connectivity index (χ1v) is 7.53. The zero-order valence-corrected chi connectivity index (χ0v) is 11.9. The molecule has 0 saturated carbocycles. The summed E-state index contributed by atoms with van der Waals surface area (Å²) in [5.74, 6) is 0.295. The van der Waals surface area contributed by atoms with Gasteiger partial charge in [-0.3, -0.25) is 4.79 Å². The molecule has 2 aliphatic heterocycles. The average molecular weight is 274 g/mol. The maximum Gasteiger partial charge on any atom is 0.225 e.